The van der Waals surface area contributed by atoms with Crippen LogP contribution >= 0.6 is 0 Å². The number of aromatic nitrogens is 3. The van der Waals surface area contributed by atoms with Crippen molar-refractivity contribution in [1.29, 1.82) is 0 Å². The van der Waals surface area contributed by atoms with E-state index in [1.54, 1.807) is 48.5 Å². The summed E-state index contributed by atoms with van der Waals surface area (Å²) >= 11 is 0. The van der Waals surface area contributed by atoms with E-state index in [0.717, 1.165) is 9.47 Å². The van der Waals surface area contributed by atoms with Crippen molar-refractivity contribution in [2.45, 2.75) is 11.8 Å². The molecular weight excluding hydrogens is 338 g/mol. The van der Waals surface area contributed by atoms with E-state index in [9.17, 15) is 8.42 Å². The number of para-hydroxylation sites is 1. The van der Waals surface area contributed by atoms with Gasteiger partial charge >= 0.3 is 0 Å². The molecule has 0 saturated carbocycles. The normalized spacial score (nSPS) is 11.9. The van der Waals surface area contributed by atoms with Gasteiger partial charge in [0.05, 0.1) is 11.5 Å². The molecule has 0 amide bonds. The summed E-state index contributed by atoms with van der Waals surface area (Å²) in [5.41, 5.74) is 0.974. The molecule has 3 aromatic carbocycles. The van der Waals surface area contributed by atoms with Crippen molar-refractivity contribution < 1.29 is 13.2 Å². The van der Waals surface area contributed by atoms with E-state index in [1.807, 2.05) is 19.1 Å². The van der Waals surface area contributed by atoms with E-state index < -0.39 is 10.0 Å². The fraction of sp³-hybridized carbons (Fsp3) is 0.111. The van der Waals surface area contributed by atoms with Crippen LogP contribution in [0.2, 0.25) is 0 Å². The monoisotopic (exact) mass is 353 g/mol. The summed E-state index contributed by atoms with van der Waals surface area (Å²) in [6, 6.07) is 17.5. The number of hydrogen-bond donors (Lipinski definition) is 0. The Morgan fingerprint density at radius 2 is 1.68 bits per heavy atom. The molecule has 0 saturated heterocycles. The zero-order valence-electron chi connectivity index (χ0n) is 13.5. The van der Waals surface area contributed by atoms with Gasteiger partial charge in [0.1, 0.15) is 16.8 Å². The second kappa shape index (κ2) is 5.86. The highest BCUT2D eigenvalue weighted by molar-refractivity contribution is 7.90. The van der Waals surface area contributed by atoms with Gasteiger partial charge in [-0.05, 0) is 31.2 Å². The minimum absolute atomic E-state index is 0.169. The predicted molar refractivity (Wildman–Crippen MR) is 95.2 cm³/mol. The van der Waals surface area contributed by atoms with Crippen molar-refractivity contribution in [3.63, 3.8) is 0 Å². The Hall–Kier alpha value is -2.93. The Morgan fingerprint density at radius 1 is 0.960 bits per heavy atom. The van der Waals surface area contributed by atoms with Gasteiger partial charge in [-0.15, -0.1) is 9.19 Å². The van der Waals surface area contributed by atoms with Crippen LogP contribution in [0.15, 0.2) is 65.6 Å². The smallest absolute Gasteiger partial charge is 0.285 e. The van der Waals surface area contributed by atoms with Crippen molar-refractivity contribution >= 4 is 31.8 Å². The zero-order chi connectivity index (χ0) is 17.4. The number of rotatable bonds is 4. The molecule has 0 aliphatic heterocycles. The SMILES string of the molecule is CCOc1ccc(S(=O)(=O)n2nnc3ccccc32)c2ccccc12. The molecule has 0 atom stereocenters. The lowest BCUT2D eigenvalue weighted by atomic mass is 10.1. The Labute approximate surface area is 144 Å². The van der Waals surface area contributed by atoms with E-state index in [0.29, 0.717) is 28.8 Å². The van der Waals surface area contributed by atoms with Gasteiger partial charge in [0.2, 0.25) is 0 Å². The fourth-order valence-corrected chi connectivity index (χ4v) is 4.30. The third-order valence-corrected chi connectivity index (χ3v) is 5.61. The zero-order valence-corrected chi connectivity index (χ0v) is 14.3. The lowest BCUT2D eigenvalue weighted by Gasteiger charge is -2.12. The van der Waals surface area contributed by atoms with E-state index in [1.165, 1.54) is 0 Å². The molecule has 1 aromatic heterocycles. The maximum atomic E-state index is 13.2. The predicted octanol–water partition coefficient (Wildman–Crippen LogP) is 3.22. The third-order valence-electron chi connectivity index (χ3n) is 3.97. The van der Waals surface area contributed by atoms with Crippen molar-refractivity contribution in [2.75, 3.05) is 6.61 Å². The maximum Gasteiger partial charge on any atom is 0.285 e. The molecule has 0 fully saturated rings. The molecule has 0 radical (unpaired) electrons. The number of nitrogens with zero attached hydrogens (tertiary/aromatic N) is 3. The standard InChI is InChI=1S/C18H15N3O3S/c1-2-24-17-11-12-18(14-8-4-3-7-13(14)17)25(22,23)21-16-10-6-5-9-15(16)19-20-21/h3-12H,2H2,1H3. The Bertz CT molecular complexity index is 1180. The average Bonchev–Trinajstić information content (AvgIpc) is 3.07. The Balaban J connectivity index is 1.99. The highest BCUT2D eigenvalue weighted by Gasteiger charge is 2.24. The van der Waals surface area contributed by atoms with E-state index >= 15 is 0 Å². The highest BCUT2D eigenvalue weighted by Crippen LogP contribution is 2.32. The van der Waals surface area contributed by atoms with Crippen molar-refractivity contribution in [1.82, 2.24) is 14.4 Å². The molecule has 0 aliphatic carbocycles. The van der Waals surface area contributed by atoms with Crippen LogP contribution in [-0.4, -0.2) is 29.4 Å². The van der Waals surface area contributed by atoms with Crippen LogP contribution in [0.5, 0.6) is 5.75 Å². The summed E-state index contributed by atoms with van der Waals surface area (Å²) in [5, 5.41) is 9.14. The summed E-state index contributed by atoms with van der Waals surface area (Å²) in [6.45, 7) is 2.39. The van der Waals surface area contributed by atoms with Gasteiger partial charge in [0.25, 0.3) is 10.0 Å². The van der Waals surface area contributed by atoms with Crippen LogP contribution in [0.3, 0.4) is 0 Å². The minimum atomic E-state index is -3.89. The number of fused-ring (bicyclic) bond motifs is 2. The largest absolute Gasteiger partial charge is 0.493 e. The summed E-state index contributed by atoms with van der Waals surface area (Å²) in [6.07, 6.45) is 0. The summed E-state index contributed by atoms with van der Waals surface area (Å²) in [4.78, 5) is 0.169. The molecule has 4 rings (SSSR count). The van der Waals surface area contributed by atoms with E-state index in [2.05, 4.69) is 10.3 Å². The molecule has 1 heterocycles. The van der Waals surface area contributed by atoms with Gasteiger partial charge in [0, 0.05) is 10.8 Å². The van der Waals surface area contributed by atoms with Crippen LogP contribution in [0.1, 0.15) is 6.92 Å². The first-order valence-corrected chi connectivity index (χ1v) is 9.27. The Morgan fingerprint density at radius 3 is 2.48 bits per heavy atom. The molecule has 0 unspecified atom stereocenters. The summed E-state index contributed by atoms with van der Waals surface area (Å²) in [7, 11) is -3.89. The second-order valence-electron chi connectivity index (χ2n) is 5.47. The van der Waals surface area contributed by atoms with Gasteiger partial charge in [-0.25, -0.2) is 0 Å². The van der Waals surface area contributed by atoms with Crippen LogP contribution in [0.4, 0.5) is 0 Å². The van der Waals surface area contributed by atoms with Crippen molar-refractivity contribution in [3.8, 4) is 5.75 Å². The van der Waals surface area contributed by atoms with Crippen molar-refractivity contribution in [2.24, 2.45) is 0 Å². The van der Waals surface area contributed by atoms with Crippen LogP contribution in [0, 0.1) is 0 Å². The van der Waals surface area contributed by atoms with Crippen LogP contribution in [-0.2, 0) is 10.0 Å². The number of ether oxygens (including phenoxy) is 1. The first-order chi connectivity index (χ1) is 12.1. The molecule has 0 N–H and O–H groups in total. The molecule has 25 heavy (non-hydrogen) atoms. The van der Waals surface area contributed by atoms with E-state index in [4.69, 9.17) is 4.74 Å². The lowest BCUT2D eigenvalue weighted by molar-refractivity contribution is 0.344. The summed E-state index contributed by atoms with van der Waals surface area (Å²) in [5.74, 6) is 0.653. The molecule has 6 nitrogen and oxygen atoms in total. The third kappa shape index (κ3) is 2.44. The van der Waals surface area contributed by atoms with Crippen LogP contribution < -0.4 is 4.74 Å². The first-order valence-electron chi connectivity index (χ1n) is 7.83. The first kappa shape index (κ1) is 15.6. The summed E-state index contributed by atoms with van der Waals surface area (Å²) < 4.78 is 33.0. The molecule has 0 spiro atoms. The molecule has 4 aromatic rings. The maximum absolute atomic E-state index is 13.2. The number of benzene rings is 3. The van der Waals surface area contributed by atoms with Gasteiger partial charge in [-0.3, -0.25) is 0 Å². The van der Waals surface area contributed by atoms with Crippen molar-refractivity contribution in [3.05, 3.63) is 60.7 Å². The highest BCUT2D eigenvalue weighted by atomic mass is 32.2. The van der Waals surface area contributed by atoms with E-state index in [-0.39, 0.29) is 4.90 Å². The number of hydrogen-bond acceptors (Lipinski definition) is 5. The second-order valence-corrected chi connectivity index (χ2v) is 7.20. The fourth-order valence-electron chi connectivity index (χ4n) is 2.87. The molecule has 126 valence electrons. The molecule has 7 heteroatoms. The lowest BCUT2D eigenvalue weighted by Crippen LogP contribution is -2.15. The molecule has 0 bridgehead atoms. The van der Waals surface area contributed by atoms with Gasteiger partial charge in [0.15, 0.2) is 0 Å². The average molecular weight is 353 g/mol. The topological polar surface area (TPSA) is 74.1 Å². The van der Waals surface area contributed by atoms with Gasteiger partial charge < -0.3 is 4.74 Å². The van der Waals surface area contributed by atoms with Gasteiger partial charge in [-0.1, -0.05) is 41.6 Å². The van der Waals surface area contributed by atoms with Gasteiger partial charge in [-0.2, -0.15) is 8.42 Å². The van der Waals surface area contributed by atoms with Crippen LogP contribution in [0.25, 0.3) is 21.8 Å². The Kier molecular flexibility index (Phi) is 3.65. The quantitative estimate of drug-likeness (QED) is 0.563. The minimum Gasteiger partial charge on any atom is -0.493 e. The molecule has 0 aliphatic rings. The molecular formula is C18H15N3O3S.